The molecule has 0 N–H and O–H groups in total. The smallest absolute Gasteiger partial charge is 0.282 e. The van der Waals surface area contributed by atoms with Crippen LogP contribution in [0, 0.1) is 11.8 Å². The van der Waals surface area contributed by atoms with E-state index in [4.69, 9.17) is 0 Å². The molecule has 3 saturated heterocycles. The second kappa shape index (κ2) is 6.97. The molecule has 2 aromatic rings. The van der Waals surface area contributed by atoms with Crippen LogP contribution in [-0.4, -0.2) is 56.8 Å². The van der Waals surface area contributed by atoms with Gasteiger partial charge in [-0.1, -0.05) is 18.6 Å². The molecular formula is C22H26N4O3. The maximum atomic E-state index is 13.3. The highest BCUT2D eigenvalue weighted by Gasteiger charge is 2.43. The molecule has 1 aliphatic carbocycles. The Morgan fingerprint density at radius 1 is 1.10 bits per heavy atom. The van der Waals surface area contributed by atoms with Crippen LogP contribution in [0.4, 0.5) is 0 Å². The lowest BCUT2D eigenvalue weighted by Crippen LogP contribution is -2.50. The Kier molecular flexibility index (Phi) is 4.41. The molecule has 1 aromatic carbocycles. The lowest BCUT2D eigenvalue weighted by Gasteiger charge is -2.40. The zero-order valence-corrected chi connectivity index (χ0v) is 16.7. The summed E-state index contributed by atoms with van der Waals surface area (Å²) in [6, 6.07) is 7.37. The Labute approximate surface area is 169 Å². The van der Waals surface area contributed by atoms with Crippen molar-refractivity contribution in [3.8, 4) is 0 Å². The number of carbonyl (C=O) groups excluding carboxylic acids is 2. The Morgan fingerprint density at radius 2 is 1.90 bits per heavy atom. The average Bonchev–Trinajstić information content (AvgIpc) is 2.98. The molecule has 7 nitrogen and oxygen atoms in total. The molecule has 0 unspecified atom stereocenters. The molecule has 3 aliphatic heterocycles. The van der Waals surface area contributed by atoms with Crippen LogP contribution < -0.4 is 5.56 Å². The van der Waals surface area contributed by atoms with E-state index in [-0.39, 0.29) is 35.0 Å². The van der Waals surface area contributed by atoms with Crippen LogP contribution in [0.2, 0.25) is 0 Å². The first-order valence-electron chi connectivity index (χ1n) is 10.6. The standard InChI is InChI=1S/C22H26N4O3/c1-24-18-8-3-2-7-17(18)23-19(21(24)28)22(29)25-12-15-9-10-16(13-25)26(20(15)27)11-14-5-4-6-14/h2-3,7-8,14-16H,4-6,9-13H2,1H3/t15-,16+/m1/s1. The Bertz CT molecular complexity index is 1040. The van der Waals surface area contributed by atoms with Crippen molar-refractivity contribution in [3.05, 3.63) is 40.3 Å². The highest BCUT2D eigenvalue weighted by atomic mass is 16.2. The molecule has 1 saturated carbocycles. The van der Waals surface area contributed by atoms with Crippen LogP contribution in [0.15, 0.2) is 29.1 Å². The van der Waals surface area contributed by atoms with E-state index in [1.165, 1.54) is 23.8 Å². The second-order valence-corrected chi connectivity index (χ2v) is 8.74. The van der Waals surface area contributed by atoms with Gasteiger partial charge in [-0.25, -0.2) is 4.98 Å². The molecule has 6 rings (SSSR count). The first-order chi connectivity index (χ1) is 14.0. The van der Waals surface area contributed by atoms with Gasteiger partial charge in [0.05, 0.1) is 17.0 Å². The van der Waals surface area contributed by atoms with Gasteiger partial charge in [0.25, 0.3) is 11.5 Å². The minimum Gasteiger partial charge on any atom is -0.337 e. The van der Waals surface area contributed by atoms with E-state index in [1.807, 2.05) is 29.2 Å². The average molecular weight is 394 g/mol. The van der Waals surface area contributed by atoms with Crippen LogP contribution in [0.1, 0.15) is 42.6 Å². The molecule has 29 heavy (non-hydrogen) atoms. The molecule has 4 aliphatic rings. The van der Waals surface area contributed by atoms with Gasteiger partial charge in [0.2, 0.25) is 5.91 Å². The summed E-state index contributed by atoms with van der Waals surface area (Å²) in [6.45, 7) is 1.69. The van der Waals surface area contributed by atoms with Crippen molar-refractivity contribution in [1.29, 1.82) is 0 Å². The number of benzene rings is 1. The van der Waals surface area contributed by atoms with Gasteiger partial charge >= 0.3 is 0 Å². The van der Waals surface area contributed by atoms with Gasteiger partial charge in [-0.15, -0.1) is 0 Å². The van der Waals surface area contributed by atoms with Gasteiger partial charge in [-0.3, -0.25) is 14.4 Å². The molecule has 0 radical (unpaired) electrons. The molecule has 1 aromatic heterocycles. The molecule has 7 heteroatoms. The first kappa shape index (κ1) is 18.3. The zero-order chi connectivity index (χ0) is 20.1. The second-order valence-electron chi connectivity index (χ2n) is 8.74. The van der Waals surface area contributed by atoms with Crippen molar-refractivity contribution in [1.82, 2.24) is 19.4 Å². The van der Waals surface area contributed by atoms with E-state index in [1.54, 1.807) is 11.9 Å². The number of para-hydroxylation sites is 2. The molecule has 2 amide bonds. The lowest BCUT2D eigenvalue weighted by atomic mass is 9.83. The van der Waals surface area contributed by atoms with Crippen molar-refractivity contribution in [2.45, 2.75) is 38.1 Å². The normalized spacial score (nSPS) is 24.7. The fourth-order valence-electron chi connectivity index (χ4n) is 4.97. The van der Waals surface area contributed by atoms with E-state index >= 15 is 0 Å². The van der Waals surface area contributed by atoms with Crippen molar-refractivity contribution >= 4 is 22.8 Å². The van der Waals surface area contributed by atoms with Gasteiger partial charge in [-0.2, -0.15) is 0 Å². The predicted octanol–water partition coefficient (Wildman–Crippen LogP) is 1.80. The summed E-state index contributed by atoms with van der Waals surface area (Å²) in [4.78, 5) is 47.2. The third kappa shape index (κ3) is 3.03. The van der Waals surface area contributed by atoms with Gasteiger partial charge < -0.3 is 14.4 Å². The number of hydrogen-bond donors (Lipinski definition) is 0. The quantitative estimate of drug-likeness (QED) is 0.796. The number of nitrogens with zero attached hydrogens (tertiary/aromatic N) is 4. The maximum Gasteiger partial charge on any atom is 0.282 e. The Hall–Kier alpha value is -2.70. The Morgan fingerprint density at radius 3 is 2.66 bits per heavy atom. The molecule has 2 atom stereocenters. The van der Waals surface area contributed by atoms with E-state index in [9.17, 15) is 14.4 Å². The number of hydrogen-bond acceptors (Lipinski definition) is 4. The summed E-state index contributed by atoms with van der Waals surface area (Å²) in [5.41, 5.74) is 0.888. The third-order valence-electron chi connectivity index (χ3n) is 6.95. The van der Waals surface area contributed by atoms with Gasteiger partial charge in [0.15, 0.2) is 5.69 Å². The fraction of sp³-hybridized carbons (Fsp3) is 0.545. The van der Waals surface area contributed by atoms with Crippen molar-refractivity contribution in [3.63, 3.8) is 0 Å². The SMILES string of the molecule is Cn1c(=O)c(C(=O)N2C[C@H]3CC[C@@H](C2)N(CC2CCC2)C3=O)nc2ccccc21. The number of carbonyl (C=O) groups is 2. The van der Waals surface area contributed by atoms with Crippen molar-refractivity contribution < 1.29 is 9.59 Å². The molecule has 0 spiro atoms. The van der Waals surface area contributed by atoms with Gasteiger partial charge in [0.1, 0.15) is 0 Å². The Balaban J connectivity index is 1.45. The van der Waals surface area contributed by atoms with Crippen LogP contribution in [0.25, 0.3) is 11.0 Å². The number of piperidine rings is 1. The highest BCUT2D eigenvalue weighted by molar-refractivity contribution is 5.94. The van der Waals surface area contributed by atoms with Crippen molar-refractivity contribution in [2.75, 3.05) is 19.6 Å². The van der Waals surface area contributed by atoms with Gasteiger partial charge in [0, 0.05) is 32.7 Å². The summed E-state index contributed by atoms with van der Waals surface area (Å²) in [5, 5.41) is 0. The number of aryl methyl sites for hydroxylation is 1. The van der Waals surface area contributed by atoms with Crippen LogP contribution >= 0.6 is 0 Å². The third-order valence-corrected chi connectivity index (χ3v) is 6.95. The molecule has 2 bridgehead atoms. The summed E-state index contributed by atoms with van der Waals surface area (Å²) in [6.07, 6.45) is 5.39. The summed E-state index contributed by atoms with van der Waals surface area (Å²) in [5.74, 6) is 0.272. The summed E-state index contributed by atoms with van der Waals surface area (Å²) < 4.78 is 1.48. The highest BCUT2D eigenvalue weighted by Crippen LogP contribution is 2.34. The number of fused-ring (bicyclic) bond motifs is 5. The lowest BCUT2D eigenvalue weighted by molar-refractivity contribution is -0.141. The summed E-state index contributed by atoms with van der Waals surface area (Å²) >= 11 is 0. The molecule has 4 heterocycles. The van der Waals surface area contributed by atoms with E-state index in [0.717, 1.165) is 19.4 Å². The number of amides is 2. The predicted molar refractivity (Wildman–Crippen MR) is 108 cm³/mol. The fourth-order valence-corrected chi connectivity index (χ4v) is 4.97. The van der Waals surface area contributed by atoms with Crippen LogP contribution in [-0.2, 0) is 11.8 Å². The van der Waals surface area contributed by atoms with Crippen LogP contribution in [0.3, 0.4) is 0 Å². The zero-order valence-electron chi connectivity index (χ0n) is 16.7. The molecule has 152 valence electrons. The maximum absolute atomic E-state index is 13.3. The number of aromatic nitrogens is 2. The minimum absolute atomic E-state index is 0.0505. The van der Waals surface area contributed by atoms with E-state index in [0.29, 0.717) is 30.0 Å². The van der Waals surface area contributed by atoms with E-state index in [2.05, 4.69) is 4.98 Å². The summed E-state index contributed by atoms with van der Waals surface area (Å²) in [7, 11) is 1.67. The topological polar surface area (TPSA) is 75.5 Å². The monoisotopic (exact) mass is 394 g/mol. The first-order valence-corrected chi connectivity index (χ1v) is 10.6. The number of rotatable bonds is 3. The molecule has 4 fully saturated rings. The van der Waals surface area contributed by atoms with Crippen molar-refractivity contribution in [2.24, 2.45) is 18.9 Å². The molecular weight excluding hydrogens is 368 g/mol. The minimum atomic E-state index is -0.386. The van der Waals surface area contributed by atoms with Gasteiger partial charge in [-0.05, 0) is 43.7 Å². The van der Waals surface area contributed by atoms with E-state index < -0.39 is 0 Å². The van der Waals surface area contributed by atoms with Crippen LogP contribution in [0.5, 0.6) is 0 Å². The largest absolute Gasteiger partial charge is 0.337 e.